The lowest BCUT2D eigenvalue weighted by Crippen LogP contribution is -2.33. The summed E-state index contributed by atoms with van der Waals surface area (Å²) in [5.41, 5.74) is 18.9. The lowest BCUT2D eigenvalue weighted by molar-refractivity contribution is 0.499. The highest BCUT2D eigenvalue weighted by molar-refractivity contribution is 5.98. The first kappa shape index (κ1) is 39.2. The van der Waals surface area contributed by atoms with Gasteiger partial charge in [-0.05, 0) is 90.5 Å². The van der Waals surface area contributed by atoms with Gasteiger partial charge in [0, 0.05) is 28.5 Å². The van der Waals surface area contributed by atoms with Crippen molar-refractivity contribution in [1.82, 2.24) is 15.0 Å². The standard InChI is InChI=1S/C60H53N3/c1-58(2,3)44-30-24-38(25-31-44)42-28-34-46-47-35-29-43(39-26-32-45(33-27-39)59(4,5)6)37-53(47)60(52(46)36-42)50-22-14-13-20-48(50)54-49(21-15-23-51(54)60)57-62-55(40-16-9-7-10-17-40)61-56(63-57)41-18-11-8-12-19-41/h7-26,28-35,37,39,52H,27,36H2,1-6H3. The van der Waals surface area contributed by atoms with Crippen molar-refractivity contribution in [1.29, 1.82) is 0 Å². The van der Waals surface area contributed by atoms with E-state index in [0.717, 1.165) is 29.5 Å². The molecular formula is C60H53N3. The van der Waals surface area contributed by atoms with E-state index < -0.39 is 5.41 Å². The molecule has 0 N–H and O–H groups in total. The third-order valence-corrected chi connectivity index (χ3v) is 14.1. The van der Waals surface area contributed by atoms with Crippen molar-refractivity contribution in [3.8, 4) is 45.3 Å². The van der Waals surface area contributed by atoms with Gasteiger partial charge < -0.3 is 0 Å². The average molecular weight is 816 g/mol. The summed E-state index contributed by atoms with van der Waals surface area (Å²) < 4.78 is 0. The summed E-state index contributed by atoms with van der Waals surface area (Å²) in [5.74, 6) is 2.51. The summed E-state index contributed by atoms with van der Waals surface area (Å²) in [4.78, 5) is 15.7. The predicted molar refractivity (Wildman–Crippen MR) is 261 cm³/mol. The summed E-state index contributed by atoms with van der Waals surface area (Å²) in [5, 5.41) is 0. The van der Waals surface area contributed by atoms with Crippen molar-refractivity contribution in [3.05, 3.63) is 220 Å². The van der Waals surface area contributed by atoms with Crippen LogP contribution in [-0.4, -0.2) is 15.0 Å². The summed E-state index contributed by atoms with van der Waals surface area (Å²) in [6, 6.07) is 53.5. The average Bonchev–Trinajstić information content (AvgIpc) is 3.78. The lowest BCUT2D eigenvalue weighted by atomic mass is 9.64. The Labute approximate surface area is 372 Å². The minimum absolute atomic E-state index is 0.0935. The molecule has 1 spiro atoms. The van der Waals surface area contributed by atoms with Gasteiger partial charge in [-0.1, -0.05) is 218 Å². The van der Waals surface area contributed by atoms with Crippen LogP contribution in [0.2, 0.25) is 0 Å². The zero-order valence-corrected chi connectivity index (χ0v) is 37.2. The third-order valence-electron chi connectivity index (χ3n) is 14.1. The fourth-order valence-electron chi connectivity index (χ4n) is 10.9. The molecule has 1 heterocycles. The van der Waals surface area contributed by atoms with Crippen LogP contribution in [0.15, 0.2) is 182 Å². The molecule has 3 unspecified atom stereocenters. The highest BCUT2D eigenvalue weighted by atomic mass is 15.0. The lowest BCUT2D eigenvalue weighted by Gasteiger charge is -2.37. The molecule has 0 saturated heterocycles. The molecule has 0 amide bonds. The van der Waals surface area contributed by atoms with Gasteiger partial charge in [0.25, 0.3) is 0 Å². The summed E-state index contributed by atoms with van der Waals surface area (Å²) in [6.45, 7) is 13.8. The van der Waals surface area contributed by atoms with Crippen LogP contribution >= 0.6 is 0 Å². The van der Waals surface area contributed by atoms with Gasteiger partial charge in [-0.2, -0.15) is 0 Å². The van der Waals surface area contributed by atoms with Crippen LogP contribution < -0.4 is 0 Å². The molecule has 1 aromatic heterocycles. The second-order valence-corrected chi connectivity index (χ2v) is 19.9. The molecule has 0 saturated carbocycles. The van der Waals surface area contributed by atoms with E-state index in [1.54, 1.807) is 0 Å². The Kier molecular flexibility index (Phi) is 9.14. The Morgan fingerprint density at radius 3 is 1.81 bits per heavy atom. The van der Waals surface area contributed by atoms with E-state index >= 15 is 0 Å². The monoisotopic (exact) mass is 815 g/mol. The first-order chi connectivity index (χ1) is 30.5. The molecule has 4 aliphatic carbocycles. The highest BCUT2D eigenvalue weighted by Crippen LogP contribution is 2.67. The Morgan fingerprint density at radius 2 is 1.16 bits per heavy atom. The fraction of sp³-hybridized carbons (Fsp3) is 0.217. The second-order valence-electron chi connectivity index (χ2n) is 19.9. The van der Waals surface area contributed by atoms with Crippen molar-refractivity contribution >= 4 is 11.1 Å². The van der Waals surface area contributed by atoms with E-state index in [9.17, 15) is 0 Å². The number of fused-ring (bicyclic) bond motifs is 10. The van der Waals surface area contributed by atoms with E-state index in [4.69, 9.17) is 15.0 Å². The topological polar surface area (TPSA) is 38.7 Å². The van der Waals surface area contributed by atoms with Crippen LogP contribution in [0.1, 0.15) is 99.2 Å². The van der Waals surface area contributed by atoms with Gasteiger partial charge in [0.2, 0.25) is 0 Å². The van der Waals surface area contributed by atoms with Gasteiger partial charge in [0.15, 0.2) is 17.5 Å². The van der Waals surface area contributed by atoms with Crippen LogP contribution in [0.25, 0.3) is 56.4 Å². The van der Waals surface area contributed by atoms with Crippen molar-refractivity contribution in [2.75, 3.05) is 0 Å². The molecule has 4 aliphatic rings. The SMILES string of the molecule is CC(C)(C)C1=CCC(c2ccc3c(c2)C2(c4ccccc4-c4c(-c5nc(-c6ccccc6)nc(-c6ccccc6)n5)cccc42)C2CC(c4ccc(C(C)(C)C)cc4)=CC=C32)C=C1. The van der Waals surface area contributed by atoms with Crippen LogP contribution in [0.3, 0.4) is 0 Å². The number of aromatic nitrogens is 3. The van der Waals surface area contributed by atoms with E-state index in [2.05, 4.69) is 181 Å². The molecule has 3 nitrogen and oxygen atoms in total. The van der Waals surface area contributed by atoms with Gasteiger partial charge in [0.05, 0.1) is 5.41 Å². The molecule has 0 aliphatic heterocycles. The molecule has 0 bridgehead atoms. The third kappa shape index (κ3) is 6.43. The molecule has 6 aromatic carbocycles. The van der Waals surface area contributed by atoms with Crippen LogP contribution in [0.4, 0.5) is 0 Å². The van der Waals surface area contributed by atoms with Crippen molar-refractivity contribution in [2.24, 2.45) is 11.3 Å². The van der Waals surface area contributed by atoms with Crippen molar-refractivity contribution in [3.63, 3.8) is 0 Å². The molecular weight excluding hydrogens is 763 g/mol. The molecule has 7 aromatic rings. The molecule has 3 heteroatoms. The molecule has 308 valence electrons. The zero-order chi connectivity index (χ0) is 43.1. The largest absolute Gasteiger partial charge is 0.208 e. The van der Waals surface area contributed by atoms with E-state index in [1.807, 2.05) is 36.4 Å². The number of rotatable bonds is 5. The Hall–Kier alpha value is -6.71. The molecule has 63 heavy (non-hydrogen) atoms. The Balaban J connectivity index is 1.13. The Morgan fingerprint density at radius 1 is 0.524 bits per heavy atom. The first-order valence-corrected chi connectivity index (χ1v) is 22.6. The molecule has 0 fully saturated rings. The van der Waals surface area contributed by atoms with Crippen LogP contribution in [0.5, 0.6) is 0 Å². The zero-order valence-electron chi connectivity index (χ0n) is 37.2. The number of benzene rings is 6. The fourth-order valence-corrected chi connectivity index (χ4v) is 10.9. The maximum atomic E-state index is 5.31. The maximum Gasteiger partial charge on any atom is 0.164 e. The minimum atomic E-state index is -0.438. The minimum Gasteiger partial charge on any atom is -0.208 e. The summed E-state index contributed by atoms with van der Waals surface area (Å²) in [6.07, 6.45) is 14.0. The van der Waals surface area contributed by atoms with Crippen molar-refractivity contribution in [2.45, 2.75) is 71.1 Å². The molecule has 0 radical (unpaired) electrons. The predicted octanol–water partition coefficient (Wildman–Crippen LogP) is 15.0. The number of hydrogen-bond donors (Lipinski definition) is 0. The quantitative estimate of drug-likeness (QED) is 0.174. The van der Waals surface area contributed by atoms with Gasteiger partial charge in [-0.3, -0.25) is 0 Å². The summed E-state index contributed by atoms with van der Waals surface area (Å²) in [7, 11) is 0. The van der Waals surface area contributed by atoms with Gasteiger partial charge in [-0.25, -0.2) is 15.0 Å². The van der Waals surface area contributed by atoms with Crippen LogP contribution in [-0.2, 0) is 10.8 Å². The second kappa shape index (κ2) is 14.7. The molecule has 11 rings (SSSR count). The van der Waals surface area contributed by atoms with Gasteiger partial charge in [0.1, 0.15) is 0 Å². The highest BCUT2D eigenvalue weighted by Gasteiger charge is 2.57. The van der Waals surface area contributed by atoms with E-state index in [-0.39, 0.29) is 16.7 Å². The van der Waals surface area contributed by atoms with Gasteiger partial charge in [-0.15, -0.1) is 0 Å². The smallest absolute Gasteiger partial charge is 0.164 e. The van der Waals surface area contributed by atoms with Gasteiger partial charge >= 0.3 is 0 Å². The van der Waals surface area contributed by atoms with E-state index in [0.29, 0.717) is 23.4 Å². The van der Waals surface area contributed by atoms with Crippen LogP contribution in [0, 0.1) is 11.3 Å². The first-order valence-electron chi connectivity index (χ1n) is 22.6. The van der Waals surface area contributed by atoms with Crippen molar-refractivity contribution < 1.29 is 0 Å². The van der Waals surface area contributed by atoms with E-state index in [1.165, 1.54) is 66.8 Å². The normalized spacial score (nSPS) is 19.7. The molecule has 3 atom stereocenters. The number of hydrogen-bond acceptors (Lipinski definition) is 3. The maximum absolute atomic E-state index is 5.31. The Bertz CT molecular complexity index is 3000. The number of nitrogens with zero attached hydrogens (tertiary/aromatic N) is 3. The summed E-state index contributed by atoms with van der Waals surface area (Å²) >= 11 is 0. The number of allylic oxidation sites excluding steroid dienone is 8.